The molecule has 1 aliphatic carbocycles. The van der Waals surface area contributed by atoms with E-state index in [1.165, 1.54) is 13.5 Å². The van der Waals surface area contributed by atoms with Crippen molar-refractivity contribution in [1.29, 1.82) is 0 Å². The second-order valence-corrected chi connectivity index (χ2v) is 6.81. The molecule has 1 saturated carbocycles. The Labute approximate surface area is 153 Å². The van der Waals surface area contributed by atoms with Crippen LogP contribution in [0, 0.1) is 11.8 Å². The third-order valence-corrected chi connectivity index (χ3v) is 5.05. The number of rotatable bonds is 5. The lowest BCUT2D eigenvalue weighted by molar-refractivity contribution is -0.139. The molecule has 0 unspecified atom stereocenters. The minimum Gasteiger partial charge on any atom is -0.468 e. The van der Waals surface area contributed by atoms with Gasteiger partial charge >= 0.3 is 12.0 Å². The van der Waals surface area contributed by atoms with E-state index in [4.69, 9.17) is 0 Å². The van der Waals surface area contributed by atoms with Crippen LogP contribution in [0.5, 0.6) is 0 Å². The minimum atomic E-state index is -0.514. The van der Waals surface area contributed by atoms with Crippen molar-refractivity contribution in [2.24, 2.45) is 11.8 Å². The summed E-state index contributed by atoms with van der Waals surface area (Å²) in [5.74, 6) is 0.170. The van der Waals surface area contributed by atoms with Gasteiger partial charge in [0.1, 0.15) is 6.54 Å². The molecule has 0 heterocycles. The van der Waals surface area contributed by atoms with Crippen LogP contribution >= 0.6 is 0 Å². The normalized spacial score (nSPS) is 22.2. The summed E-state index contributed by atoms with van der Waals surface area (Å²) in [6.07, 6.45) is 3.34. The summed E-state index contributed by atoms with van der Waals surface area (Å²) >= 11 is 0. The van der Waals surface area contributed by atoms with E-state index in [2.05, 4.69) is 34.5 Å². The van der Waals surface area contributed by atoms with Crippen LogP contribution in [-0.2, 0) is 9.53 Å². The van der Waals surface area contributed by atoms with Gasteiger partial charge in [-0.2, -0.15) is 0 Å². The number of carbonyl (C=O) groups excluding carboxylic acids is 3. The number of carbonyl (C=O) groups is 3. The number of amides is 3. The van der Waals surface area contributed by atoms with E-state index >= 15 is 0 Å². The van der Waals surface area contributed by atoms with E-state index < -0.39 is 5.97 Å². The van der Waals surface area contributed by atoms with E-state index in [1.807, 2.05) is 0 Å². The Morgan fingerprint density at radius 2 is 1.81 bits per heavy atom. The fraction of sp³-hybridized carbons (Fsp3) is 0.526. The molecule has 1 aromatic carbocycles. The van der Waals surface area contributed by atoms with Crippen LogP contribution in [0.2, 0.25) is 0 Å². The fourth-order valence-corrected chi connectivity index (χ4v) is 3.15. The van der Waals surface area contributed by atoms with Crippen molar-refractivity contribution >= 4 is 23.6 Å². The molecule has 1 fully saturated rings. The first-order chi connectivity index (χ1) is 12.4. The van der Waals surface area contributed by atoms with Gasteiger partial charge in [0, 0.05) is 17.3 Å². The maximum absolute atomic E-state index is 12.2. The number of hydrogen-bond donors (Lipinski definition) is 3. The van der Waals surface area contributed by atoms with Gasteiger partial charge in [0.15, 0.2) is 0 Å². The Hall–Kier alpha value is -2.57. The van der Waals surface area contributed by atoms with Crippen LogP contribution in [-0.4, -0.2) is 37.6 Å². The summed E-state index contributed by atoms with van der Waals surface area (Å²) in [6, 6.07) is 6.43. The summed E-state index contributed by atoms with van der Waals surface area (Å²) in [4.78, 5) is 35.2. The SMILES string of the molecule is COC(=O)CNC(=O)c1ccc(NC(=O)N[C@@H]2CCC[C@@H](C)[C@@H]2C)cc1. The van der Waals surface area contributed by atoms with Gasteiger partial charge < -0.3 is 20.7 Å². The number of hydrogen-bond acceptors (Lipinski definition) is 4. The Morgan fingerprint density at radius 1 is 1.12 bits per heavy atom. The highest BCUT2D eigenvalue weighted by Gasteiger charge is 2.28. The van der Waals surface area contributed by atoms with E-state index in [0.717, 1.165) is 12.8 Å². The van der Waals surface area contributed by atoms with Gasteiger partial charge in [-0.05, 0) is 42.5 Å². The van der Waals surface area contributed by atoms with E-state index in [1.54, 1.807) is 24.3 Å². The maximum atomic E-state index is 12.2. The number of anilines is 1. The van der Waals surface area contributed by atoms with E-state index in [0.29, 0.717) is 23.1 Å². The van der Waals surface area contributed by atoms with Crippen molar-refractivity contribution in [3.05, 3.63) is 29.8 Å². The lowest BCUT2D eigenvalue weighted by Gasteiger charge is -2.34. The molecule has 1 aromatic rings. The van der Waals surface area contributed by atoms with Gasteiger partial charge in [-0.15, -0.1) is 0 Å². The molecule has 0 aromatic heterocycles. The Bertz CT molecular complexity index is 645. The molecule has 7 nitrogen and oxygen atoms in total. The number of urea groups is 1. The topological polar surface area (TPSA) is 96.5 Å². The molecule has 0 aliphatic heterocycles. The zero-order chi connectivity index (χ0) is 19.1. The van der Waals surface area contributed by atoms with E-state index in [9.17, 15) is 14.4 Å². The molecule has 1 aliphatic rings. The highest BCUT2D eigenvalue weighted by atomic mass is 16.5. The summed E-state index contributed by atoms with van der Waals surface area (Å²) in [5, 5.41) is 8.30. The van der Waals surface area contributed by atoms with Gasteiger partial charge in [-0.1, -0.05) is 26.7 Å². The van der Waals surface area contributed by atoms with Gasteiger partial charge in [0.25, 0.3) is 5.91 Å². The molecule has 2 rings (SSSR count). The van der Waals surface area contributed by atoms with Gasteiger partial charge in [0.2, 0.25) is 0 Å². The summed E-state index contributed by atoms with van der Waals surface area (Å²) in [7, 11) is 1.26. The van der Waals surface area contributed by atoms with Crippen LogP contribution in [0.3, 0.4) is 0 Å². The first-order valence-corrected chi connectivity index (χ1v) is 8.93. The Kier molecular flexibility index (Phi) is 7.00. The fourth-order valence-electron chi connectivity index (χ4n) is 3.15. The van der Waals surface area contributed by atoms with E-state index in [-0.39, 0.29) is 24.5 Å². The van der Waals surface area contributed by atoms with Crippen LogP contribution in [0.25, 0.3) is 0 Å². The van der Waals surface area contributed by atoms with Crippen molar-refractivity contribution in [3.63, 3.8) is 0 Å². The Morgan fingerprint density at radius 3 is 2.46 bits per heavy atom. The van der Waals surface area contributed by atoms with Gasteiger partial charge in [-0.3, -0.25) is 9.59 Å². The lowest BCUT2D eigenvalue weighted by atomic mass is 9.78. The second-order valence-electron chi connectivity index (χ2n) is 6.81. The first kappa shape index (κ1) is 19.8. The zero-order valence-corrected chi connectivity index (χ0v) is 15.5. The molecule has 26 heavy (non-hydrogen) atoms. The van der Waals surface area contributed by atoms with Crippen LogP contribution < -0.4 is 16.0 Å². The second kappa shape index (κ2) is 9.22. The molecule has 3 amide bonds. The molecule has 0 bridgehead atoms. The average Bonchev–Trinajstić information content (AvgIpc) is 2.63. The predicted molar refractivity (Wildman–Crippen MR) is 98.9 cm³/mol. The third-order valence-electron chi connectivity index (χ3n) is 5.05. The molecular weight excluding hydrogens is 334 g/mol. The molecule has 0 spiro atoms. The number of benzene rings is 1. The standard InChI is InChI=1S/C19H27N3O4/c1-12-5-4-6-16(13(12)2)22-19(25)21-15-9-7-14(8-10-15)18(24)20-11-17(23)26-3/h7-10,12-13,16H,4-6,11H2,1-3H3,(H,20,24)(H2,21,22,25)/t12-,13+,16-/m1/s1. The van der Waals surface area contributed by atoms with Crippen LogP contribution in [0.1, 0.15) is 43.5 Å². The van der Waals surface area contributed by atoms with Crippen molar-refractivity contribution in [3.8, 4) is 0 Å². The number of esters is 1. The average molecular weight is 361 g/mol. The van der Waals surface area contributed by atoms with Gasteiger partial charge in [0.05, 0.1) is 7.11 Å². The van der Waals surface area contributed by atoms with Crippen molar-refractivity contribution in [2.75, 3.05) is 19.0 Å². The number of ether oxygens (including phenoxy) is 1. The lowest BCUT2D eigenvalue weighted by Crippen LogP contribution is -2.45. The number of methoxy groups -OCH3 is 1. The highest BCUT2D eigenvalue weighted by Crippen LogP contribution is 2.29. The van der Waals surface area contributed by atoms with Crippen molar-refractivity contribution in [2.45, 2.75) is 39.2 Å². The summed E-state index contributed by atoms with van der Waals surface area (Å²) < 4.78 is 4.47. The summed E-state index contributed by atoms with van der Waals surface area (Å²) in [6.45, 7) is 4.21. The minimum absolute atomic E-state index is 0.183. The van der Waals surface area contributed by atoms with Gasteiger partial charge in [-0.25, -0.2) is 4.79 Å². The maximum Gasteiger partial charge on any atom is 0.325 e. The first-order valence-electron chi connectivity index (χ1n) is 8.93. The molecule has 142 valence electrons. The molecule has 7 heteroatoms. The molecule has 3 N–H and O–H groups in total. The number of nitrogens with one attached hydrogen (secondary N) is 3. The third kappa shape index (κ3) is 5.47. The smallest absolute Gasteiger partial charge is 0.325 e. The van der Waals surface area contributed by atoms with Crippen LogP contribution in [0.4, 0.5) is 10.5 Å². The van der Waals surface area contributed by atoms with Crippen molar-refractivity contribution < 1.29 is 19.1 Å². The van der Waals surface area contributed by atoms with Crippen molar-refractivity contribution in [1.82, 2.24) is 10.6 Å². The Balaban J connectivity index is 1.85. The molecule has 3 atom stereocenters. The van der Waals surface area contributed by atoms with Crippen LogP contribution in [0.15, 0.2) is 24.3 Å². The largest absolute Gasteiger partial charge is 0.468 e. The highest BCUT2D eigenvalue weighted by molar-refractivity contribution is 5.97. The predicted octanol–water partition coefficient (Wildman–Crippen LogP) is 2.54. The monoisotopic (exact) mass is 361 g/mol. The molecule has 0 radical (unpaired) electrons. The molecular formula is C19H27N3O4. The zero-order valence-electron chi connectivity index (χ0n) is 15.5. The summed E-state index contributed by atoms with van der Waals surface area (Å²) in [5.41, 5.74) is 0.998. The molecule has 0 saturated heterocycles. The quantitative estimate of drug-likeness (QED) is 0.702.